The highest BCUT2D eigenvalue weighted by molar-refractivity contribution is 5.72. The Labute approximate surface area is 184 Å². The van der Waals surface area contributed by atoms with Crippen molar-refractivity contribution in [3.8, 4) is 33.9 Å². The van der Waals surface area contributed by atoms with Crippen LogP contribution in [0.25, 0.3) is 22.3 Å². The molecule has 0 N–H and O–H groups in total. The number of hydrogen-bond donors (Lipinski definition) is 0. The molecular weight excluding hydrogens is 405 g/mol. The van der Waals surface area contributed by atoms with E-state index in [1.54, 1.807) is 18.3 Å². The lowest BCUT2D eigenvalue weighted by atomic mass is 9.80. The average Bonchev–Trinajstić information content (AvgIpc) is 3.31. The number of aliphatic imine (C=N–C) groups is 1. The summed E-state index contributed by atoms with van der Waals surface area (Å²) >= 11 is 0. The van der Waals surface area contributed by atoms with Gasteiger partial charge in [-0.1, -0.05) is 35.9 Å². The Hall–Kier alpha value is -4.06. The van der Waals surface area contributed by atoms with Crippen molar-refractivity contribution in [2.75, 3.05) is 6.61 Å². The highest BCUT2D eigenvalue weighted by Gasteiger charge is 2.46. The molecule has 1 atom stereocenters. The van der Waals surface area contributed by atoms with Gasteiger partial charge in [-0.25, -0.2) is 15.0 Å². The number of benzene rings is 2. The van der Waals surface area contributed by atoms with E-state index in [1.807, 2.05) is 18.2 Å². The molecule has 0 saturated heterocycles. The van der Waals surface area contributed by atoms with Gasteiger partial charge in [0.1, 0.15) is 12.4 Å². The molecule has 4 heterocycles. The summed E-state index contributed by atoms with van der Waals surface area (Å²) in [4.78, 5) is 13.1. The van der Waals surface area contributed by atoms with Crippen molar-refractivity contribution in [1.82, 2.24) is 9.97 Å². The van der Waals surface area contributed by atoms with Gasteiger partial charge in [0.2, 0.25) is 11.8 Å². The van der Waals surface area contributed by atoms with Crippen LogP contribution in [-0.4, -0.2) is 23.0 Å². The van der Waals surface area contributed by atoms with Gasteiger partial charge in [-0.15, -0.1) is 0 Å². The van der Waals surface area contributed by atoms with Crippen molar-refractivity contribution in [3.63, 3.8) is 0 Å². The number of ether oxygens (including phenoxy) is 2. The van der Waals surface area contributed by atoms with Gasteiger partial charge < -0.3 is 9.47 Å². The van der Waals surface area contributed by atoms with Crippen LogP contribution in [0.3, 0.4) is 0 Å². The van der Waals surface area contributed by atoms with E-state index in [0.29, 0.717) is 29.4 Å². The van der Waals surface area contributed by atoms with Crippen LogP contribution in [0.4, 0.5) is 4.39 Å². The summed E-state index contributed by atoms with van der Waals surface area (Å²) in [6.45, 7) is 2.37. The largest absolute Gasteiger partial charge is 0.480 e. The third-order valence-corrected chi connectivity index (χ3v) is 6.02. The van der Waals surface area contributed by atoms with Crippen molar-refractivity contribution >= 4 is 6.40 Å². The number of aromatic nitrogens is 2. The van der Waals surface area contributed by atoms with Gasteiger partial charge >= 0.3 is 0 Å². The number of halogens is 1. The van der Waals surface area contributed by atoms with Crippen LogP contribution >= 0.6 is 0 Å². The van der Waals surface area contributed by atoms with Gasteiger partial charge in [0.15, 0.2) is 11.9 Å². The van der Waals surface area contributed by atoms with E-state index in [9.17, 15) is 4.39 Å². The van der Waals surface area contributed by atoms with Crippen molar-refractivity contribution in [2.45, 2.75) is 12.5 Å². The minimum atomic E-state index is -0.814. The molecule has 1 spiro atoms. The molecule has 5 nitrogen and oxygen atoms in total. The van der Waals surface area contributed by atoms with Crippen molar-refractivity contribution in [3.05, 3.63) is 95.7 Å². The predicted octanol–water partition coefficient (Wildman–Crippen LogP) is 5.67. The molecule has 6 rings (SSSR count). The molecule has 2 aromatic carbocycles. The molecule has 0 saturated carbocycles. The summed E-state index contributed by atoms with van der Waals surface area (Å²) in [7, 11) is 0. The molecule has 0 radical (unpaired) electrons. The topological polar surface area (TPSA) is 56.6 Å². The van der Waals surface area contributed by atoms with E-state index >= 15 is 0 Å². The second kappa shape index (κ2) is 6.99. The second-order valence-electron chi connectivity index (χ2n) is 8.00. The van der Waals surface area contributed by atoms with E-state index in [0.717, 1.165) is 22.3 Å². The maximum atomic E-state index is 14.4. The van der Waals surface area contributed by atoms with E-state index < -0.39 is 11.5 Å². The first-order valence-corrected chi connectivity index (χ1v) is 10.3. The van der Waals surface area contributed by atoms with E-state index in [2.05, 4.69) is 47.2 Å². The lowest BCUT2D eigenvalue weighted by Gasteiger charge is -2.33. The number of fused-ring (bicyclic) bond motifs is 4. The number of aryl methyl sites for hydroxylation is 1. The number of hydrogen-bond acceptors (Lipinski definition) is 5. The normalized spacial score (nSPS) is 18.1. The fourth-order valence-corrected chi connectivity index (χ4v) is 4.31. The van der Waals surface area contributed by atoms with Gasteiger partial charge in [0, 0.05) is 29.1 Å². The lowest BCUT2D eigenvalue weighted by molar-refractivity contribution is 0.271. The average molecular weight is 423 g/mol. The van der Waals surface area contributed by atoms with Crippen molar-refractivity contribution in [2.24, 2.45) is 4.99 Å². The molecule has 2 aromatic heterocycles. The summed E-state index contributed by atoms with van der Waals surface area (Å²) in [6, 6.07) is 19.3. The number of rotatable bonds is 2. The molecule has 6 heteroatoms. The molecule has 32 heavy (non-hydrogen) atoms. The standard InChI is InChI=1S/C26H18FN3O2/c1-16-4-6-17(7-5-16)19-12-22-25(29-13-19)32-23-9-8-18(20-3-2-10-28-24(20)27)11-21(23)26(22)14-31-15-30-26/h2-13,15H,14H2,1H3/t26-/m0/s1. The SMILES string of the molecule is Cc1ccc(-c2cnc3c(c2)[C@]2(COC=N2)c2cc(-c4cccnc4F)ccc2O3)cc1. The predicted molar refractivity (Wildman–Crippen MR) is 119 cm³/mol. The maximum absolute atomic E-state index is 14.4. The summed E-state index contributed by atoms with van der Waals surface area (Å²) in [5, 5.41) is 0. The van der Waals surface area contributed by atoms with E-state index in [-0.39, 0.29) is 0 Å². The Bertz CT molecular complexity index is 1380. The Morgan fingerprint density at radius 2 is 1.72 bits per heavy atom. The van der Waals surface area contributed by atoms with Crippen molar-refractivity contribution in [1.29, 1.82) is 0 Å². The smallest absolute Gasteiger partial charge is 0.225 e. The Morgan fingerprint density at radius 1 is 0.906 bits per heavy atom. The fraction of sp³-hybridized carbons (Fsp3) is 0.115. The lowest BCUT2D eigenvalue weighted by Crippen LogP contribution is -2.31. The molecule has 0 unspecified atom stereocenters. The molecule has 2 aliphatic heterocycles. The summed E-state index contributed by atoms with van der Waals surface area (Å²) in [6.07, 6.45) is 4.71. The van der Waals surface area contributed by atoms with Gasteiger partial charge in [-0.3, -0.25) is 0 Å². The zero-order chi connectivity index (χ0) is 21.7. The minimum absolute atomic E-state index is 0.314. The van der Waals surface area contributed by atoms with Crippen LogP contribution in [0.5, 0.6) is 11.6 Å². The minimum Gasteiger partial charge on any atom is -0.480 e. The Morgan fingerprint density at radius 3 is 2.50 bits per heavy atom. The van der Waals surface area contributed by atoms with Crippen molar-refractivity contribution < 1.29 is 13.9 Å². The molecule has 0 fully saturated rings. The van der Waals surface area contributed by atoms with Crippen LogP contribution in [0, 0.1) is 12.9 Å². The van der Waals surface area contributed by atoms with Crippen LogP contribution in [-0.2, 0) is 10.3 Å². The molecule has 2 aliphatic rings. The first-order chi connectivity index (χ1) is 15.6. The zero-order valence-electron chi connectivity index (χ0n) is 17.2. The third kappa shape index (κ3) is 2.80. The second-order valence-corrected chi connectivity index (χ2v) is 8.00. The Kier molecular flexibility index (Phi) is 4.08. The van der Waals surface area contributed by atoms with Crippen LogP contribution in [0.1, 0.15) is 16.7 Å². The van der Waals surface area contributed by atoms with E-state index in [1.165, 1.54) is 18.2 Å². The molecule has 4 aromatic rings. The molecule has 156 valence electrons. The summed E-state index contributed by atoms with van der Waals surface area (Å²) in [5.41, 5.74) is 5.15. The van der Waals surface area contributed by atoms with Crippen LogP contribution < -0.4 is 4.74 Å². The molecule has 0 aliphatic carbocycles. The van der Waals surface area contributed by atoms with Gasteiger partial charge in [-0.05, 0) is 48.4 Å². The first kappa shape index (κ1) is 18.7. The quantitative estimate of drug-likeness (QED) is 0.390. The molecule has 0 bridgehead atoms. The first-order valence-electron chi connectivity index (χ1n) is 10.3. The van der Waals surface area contributed by atoms with Crippen LogP contribution in [0.15, 0.2) is 78.0 Å². The number of nitrogens with zero attached hydrogens (tertiary/aromatic N) is 3. The zero-order valence-corrected chi connectivity index (χ0v) is 17.2. The van der Waals surface area contributed by atoms with Gasteiger partial charge in [0.05, 0.1) is 5.56 Å². The fourth-order valence-electron chi connectivity index (χ4n) is 4.31. The van der Waals surface area contributed by atoms with Gasteiger partial charge in [-0.2, -0.15) is 4.39 Å². The maximum Gasteiger partial charge on any atom is 0.225 e. The number of pyridine rings is 2. The molecule has 0 amide bonds. The van der Waals surface area contributed by atoms with Crippen LogP contribution in [0.2, 0.25) is 0 Å². The molecular formula is C26H18FN3O2. The summed E-state index contributed by atoms with van der Waals surface area (Å²) in [5.74, 6) is 0.605. The highest BCUT2D eigenvalue weighted by atomic mass is 19.1. The monoisotopic (exact) mass is 423 g/mol. The van der Waals surface area contributed by atoms with Gasteiger partial charge in [0.25, 0.3) is 0 Å². The summed E-state index contributed by atoms with van der Waals surface area (Å²) < 4.78 is 26.1. The highest BCUT2D eigenvalue weighted by Crippen LogP contribution is 2.51. The van der Waals surface area contributed by atoms with E-state index in [4.69, 9.17) is 14.5 Å². The third-order valence-electron chi connectivity index (χ3n) is 6.02. The Balaban J connectivity index is 1.53.